The summed E-state index contributed by atoms with van der Waals surface area (Å²) in [7, 11) is 0. The molecular weight excluding hydrogens is 290 g/mol. The smallest absolute Gasteiger partial charge is 0.226 e. The summed E-state index contributed by atoms with van der Waals surface area (Å²) in [5, 5.41) is 3.50. The van der Waals surface area contributed by atoms with E-state index < -0.39 is 0 Å². The Labute approximate surface area is 138 Å². The average molecular weight is 319 g/mol. The van der Waals surface area contributed by atoms with Crippen molar-refractivity contribution >= 4 is 11.8 Å². The number of rotatable bonds is 2. The Morgan fingerprint density at radius 2 is 1.57 bits per heavy atom. The quantitative estimate of drug-likeness (QED) is 0.833. The molecule has 5 fully saturated rings. The van der Waals surface area contributed by atoms with E-state index in [-0.39, 0.29) is 11.8 Å². The van der Waals surface area contributed by atoms with Gasteiger partial charge in [-0.25, -0.2) is 0 Å². The lowest BCUT2D eigenvalue weighted by atomic mass is 9.83. The fraction of sp³-hybridized carbons (Fsp3) is 0.889. The zero-order chi connectivity index (χ0) is 15.8. The van der Waals surface area contributed by atoms with E-state index in [4.69, 9.17) is 0 Å². The predicted octanol–water partition coefficient (Wildman–Crippen LogP) is 1.24. The van der Waals surface area contributed by atoms with E-state index in [0.717, 1.165) is 64.8 Å². The van der Waals surface area contributed by atoms with Gasteiger partial charge in [-0.05, 0) is 51.0 Å². The third-order valence-electron chi connectivity index (χ3n) is 6.51. The Morgan fingerprint density at radius 3 is 2.26 bits per heavy atom. The van der Waals surface area contributed by atoms with Gasteiger partial charge in [0.05, 0.1) is 0 Å². The number of carbonyl (C=O) groups is 2. The molecule has 1 aliphatic carbocycles. The molecule has 23 heavy (non-hydrogen) atoms. The molecule has 5 nitrogen and oxygen atoms in total. The molecule has 0 radical (unpaired) electrons. The molecule has 0 unspecified atom stereocenters. The Kier molecular flexibility index (Phi) is 4.31. The van der Waals surface area contributed by atoms with Gasteiger partial charge in [0.15, 0.2) is 0 Å². The van der Waals surface area contributed by atoms with E-state index in [9.17, 15) is 9.59 Å². The number of carbonyl (C=O) groups excluding carboxylic acids is 2. The van der Waals surface area contributed by atoms with Crippen LogP contribution < -0.4 is 5.32 Å². The molecule has 4 aliphatic heterocycles. The highest BCUT2D eigenvalue weighted by molar-refractivity contribution is 5.81. The Morgan fingerprint density at radius 1 is 0.826 bits per heavy atom. The first kappa shape index (κ1) is 15.4. The maximum atomic E-state index is 13.0. The second-order valence-corrected chi connectivity index (χ2v) is 7.97. The SMILES string of the molecule is O=C(C1CCC1)N1CCC(C(=O)N2C[C@@H]3CC[C@H]2CNC3)CC1. The first-order chi connectivity index (χ1) is 11.2. The zero-order valence-corrected chi connectivity index (χ0v) is 14.0. The van der Waals surface area contributed by atoms with E-state index in [0.29, 0.717) is 23.8 Å². The maximum Gasteiger partial charge on any atom is 0.226 e. The van der Waals surface area contributed by atoms with Crippen LogP contribution in [0.5, 0.6) is 0 Å². The van der Waals surface area contributed by atoms with Crippen molar-refractivity contribution in [1.82, 2.24) is 15.1 Å². The minimum Gasteiger partial charge on any atom is -0.342 e. The lowest BCUT2D eigenvalue weighted by molar-refractivity contribution is -0.146. The molecule has 5 rings (SSSR count). The first-order valence-electron chi connectivity index (χ1n) is 9.52. The van der Waals surface area contributed by atoms with Crippen LogP contribution >= 0.6 is 0 Å². The molecule has 0 spiro atoms. The van der Waals surface area contributed by atoms with E-state index in [1.54, 1.807) is 0 Å². The van der Waals surface area contributed by atoms with Crippen LogP contribution in [0.25, 0.3) is 0 Å². The topological polar surface area (TPSA) is 52.7 Å². The molecule has 4 heterocycles. The highest BCUT2D eigenvalue weighted by atomic mass is 16.2. The van der Waals surface area contributed by atoms with Crippen LogP contribution in [0.15, 0.2) is 0 Å². The summed E-state index contributed by atoms with van der Waals surface area (Å²) < 4.78 is 0. The average Bonchev–Trinajstić information content (AvgIpc) is 2.88. The van der Waals surface area contributed by atoms with Gasteiger partial charge in [-0.2, -0.15) is 0 Å². The molecule has 4 saturated heterocycles. The molecule has 1 saturated carbocycles. The van der Waals surface area contributed by atoms with Crippen molar-refractivity contribution in [3.8, 4) is 0 Å². The first-order valence-corrected chi connectivity index (χ1v) is 9.52. The fourth-order valence-corrected chi connectivity index (χ4v) is 4.70. The lowest BCUT2D eigenvalue weighted by Crippen LogP contribution is -2.52. The van der Waals surface area contributed by atoms with Gasteiger partial charge in [0.2, 0.25) is 11.8 Å². The molecule has 2 amide bonds. The van der Waals surface area contributed by atoms with Crippen LogP contribution in [0.2, 0.25) is 0 Å². The maximum absolute atomic E-state index is 13.0. The summed E-state index contributed by atoms with van der Waals surface area (Å²) in [5.41, 5.74) is 0. The highest BCUT2D eigenvalue weighted by Crippen LogP contribution is 2.31. The third kappa shape index (κ3) is 3.00. The van der Waals surface area contributed by atoms with Gasteiger partial charge in [0, 0.05) is 44.1 Å². The number of piperidine rings is 2. The van der Waals surface area contributed by atoms with Crippen LogP contribution in [0.3, 0.4) is 0 Å². The van der Waals surface area contributed by atoms with Crippen molar-refractivity contribution in [3.63, 3.8) is 0 Å². The summed E-state index contributed by atoms with van der Waals surface area (Å²) >= 11 is 0. The van der Waals surface area contributed by atoms with Gasteiger partial charge < -0.3 is 15.1 Å². The monoisotopic (exact) mass is 319 g/mol. The molecular formula is C18H29N3O2. The van der Waals surface area contributed by atoms with E-state index in [1.165, 1.54) is 12.8 Å². The van der Waals surface area contributed by atoms with Gasteiger partial charge in [-0.3, -0.25) is 9.59 Å². The van der Waals surface area contributed by atoms with E-state index in [1.807, 2.05) is 4.90 Å². The minimum atomic E-state index is 0.139. The molecule has 5 aliphatic rings. The minimum absolute atomic E-state index is 0.139. The van der Waals surface area contributed by atoms with Gasteiger partial charge in [-0.15, -0.1) is 0 Å². The van der Waals surface area contributed by atoms with Gasteiger partial charge in [0.1, 0.15) is 0 Å². The standard InChI is InChI=1S/C18H29N3O2/c22-17(14-2-1-3-14)20-8-6-15(7-9-20)18(23)21-12-13-4-5-16(21)11-19-10-13/h13-16,19H,1-12H2/t13-,16+/m1/s1. The summed E-state index contributed by atoms with van der Waals surface area (Å²) in [6.07, 6.45) is 7.48. The van der Waals surface area contributed by atoms with Crippen molar-refractivity contribution in [3.05, 3.63) is 0 Å². The number of nitrogens with one attached hydrogen (secondary N) is 1. The van der Waals surface area contributed by atoms with Gasteiger partial charge >= 0.3 is 0 Å². The molecule has 2 atom stereocenters. The molecule has 5 heteroatoms. The third-order valence-corrected chi connectivity index (χ3v) is 6.51. The Hall–Kier alpha value is -1.10. The van der Waals surface area contributed by atoms with Gasteiger partial charge in [-0.1, -0.05) is 6.42 Å². The van der Waals surface area contributed by atoms with Crippen LogP contribution in [0.4, 0.5) is 0 Å². The Balaban J connectivity index is 1.33. The summed E-state index contributed by atoms with van der Waals surface area (Å²) in [5.74, 6) is 1.77. The highest BCUT2D eigenvalue weighted by Gasteiger charge is 2.39. The normalized spacial score (nSPS) is 32.5. The number of hydrogen-bond acceptors (Lipinski definition) is 3. The van der Waals surface area contributed by atoms with Crippen molar-refractivity contribution in [2.75, 3.05) is 32.7 Å². The number of fused-ring (bicyclic) bond motifs is 4. The van der Waals surface area contributed by atoms with Crippen molar-refractivity contribution in [2.24, 2.45) is 17.8 Å². The molecule has 0 aromatic heterocycles. The van der Waals surface area contributed by atoms with E-state index in [2.05, 4.69) is 10.2 Å². The van der Waals surface area contributed by atoms with Crippen LogP contribution in [0, 0.1) is 17.8 Å². The number of amides is 2. The summed E-state index contributed by atoms with van der Waals surface area (Å²) in [4.78, 5) is 29.5. The molecule has 128 valence electrons. The lowest BCUT2D eigenvalue weighted by Gasteiger charge is -2.41. The summed E-state index contributed by atoms with van der Waals surface area (Å²) in [6.45, 7) is 4.53. The second-order valence-electron chi connectivity index (χ2n) is 7.97. The van der Waals surface area contributed by atoms with E-state index >= 15 is 0 Å². The fourth-order valence-electron chi connectivity index (χ4n) is 4.70. The number of nitrogens with zero attached hydrogens (tertiary/aromatic N) is 2. The number of hydrogen-bond donors (Lipinski definition) is 1. The van der Waals surface area contributed by atoms with Gasteiger partial charge in [0.25, 0.3) is 0 Å². The zero-order valence-electron chi connectivity index (χ0n) is 14.0. The molecule has 1 N–H and O–H groups in total. The largest absolute Gasteiger partial charge is 0.342 e. The van der Waals surface area contributed by atoms with Crippen molar-refractivity contribution in [1.29, 1.82) is 0 Å². The number of likely N-dealkylation sites (tertiary alicyclic amines) is 1. The second kappa shape index (κ2) is 6.42. The summed E-state index contributed by atoms with van der Waals surface area (Å²) in [6, 6.07) is 0.399. The van der Waals surface area contributed by atoms with Crippen LogP contribution in [-0.4, -0.2) is 60.4 Å². The molecule has 0 aromatic rings. The van der Waals surface area contributed by atoms with Crippen LogP contribution in [-0.2, 0) is 9.59 Å². The predicted molar refractivity (Wildman–Crippen MR) is 87.7 cm³/mol. The Bertz CT molecular complexity index is 465. The molecule has 2 bridgehead atoms. The van der Waals surface area contributed by atoms with Crippen molar-refractivity contribution in [2.45, 2.75) is 51.0 Å². The molecule has 0 aromatic carbocycles. The van der Waals surface area contributed by atoms with Crippen molar-refractivity contribution < 1.29 is 9.59 Å². The van der Waals surface area contributed by atoms with Crippen LogP contribution in [0.1, 0.15) is 44.9 Å².